The predicted octanol–water partition coefficient (Wildman–Crippen LogP) is 3.02. The van der Waals surface area contributed by atoms with Crippen molar-refractivity contribution in [3.05, 3.63) is 35.6 Å². The van der Waals surface area contributed by atoms with Gasteiger partial charge in [-0.15, -0.1) is 0 Å². The topological polar surface area (TPSA) is 21.3 Å². The number of hydrogen-bond donors (Lipinski definition) is 1. The van der Waals surface area contributed by atoms with Gasteiger partial charge >= 0.3 is 0 Å². The van der Waals surface area contributed by atoms with Gasteiger partial charge in [0, 0.05) is 12.0 Å². The van der Waals surface area contributed by atoms with Crippen LogP contribution in [-0.2, 0) is 11.2 Å². The first kappa shape index (κ1) is 14.5. The number of benzene rings is 1. The Morgan fingerprint density at radius 3 is 2.58 bits per heavy atom. The van der Waals surface area contributed by atoms with Gasteiger partial charge in [-0.2, -0.15) is 0 Å². The van der Waals surface area contributed by atoms with Gasteiger partial charge in [-0.3, -0.25) is 0 Å². The van der Waals surface area contributed by atoms with Crippen molar-refractivity contribution in [1.82, 2.24) is 5.32 Å². The van der Waals surface area contributed by atoms with Crippen molar-refractivity contribution >= 4 is 0 Å². The van der Waals surface area contributed by atoms with Crippen LogP contribution in [0.25, 0.3) is 0 Å². The molecule has 2 rings (SSSR count). The van der Waals surface area contributed by atoms with Gasteiger partial charge < -0.3 is 10.1 Å². The van der Waals surface area contributed by atoms with E-state index in [0.717, 1.165) is 31.1 Å². The van der Waals surface area contributed by atoms with Crippen LogP contribution in [0, 0.1) is 17.2 Å². The first-order valence-corrected chi connectivity index (χ1v) is 7.10. The van der Waals surface area contributed by atoms with Crippen LogP contribution >= 0.6 is 0 Å². The van der Waals surface area contributed by atoms with E-state index in [1.54, 1.807) is 0 Å². The molecule has 0 aliphatic heterocycles. The Kier molecular flexibility index (Phi) is 4.94. The van der Waals surface area contributed by atoms with Crippen LogP contribution in [0.4, 0.5) is 4.39 Å². The first-order chi connectivity index (χ1) is 9.13. The van der Waals surface area contributed by atoms with E-state index in [0.29, 0.717) is 12.0 Å². The average molecular weight is 265 g/mol. The fourth-order valence-electron chi connectivity index (χ4n) is 3.24. The van der Waals surface area contributed by atoms with Crippen molar-refractivity contribution in [2.45, 2.75) is 26.2 Å². The molecule has 1 aromatic rings. The summed E-state index contributed by atoms with van der Waals surface area (Å²) >= 11 is 0. The van der Waals surface area contributed by atoms with E-state index in [1.165, 1.54) is 25.0 Å². The molecule has 0 bridgehead atoms. The molecule has 0 spiro atoms. The molecular weight excluding hydrogens is 241 g/mol. The molecule has 0 atom stereocenters. The minimum absolute atomic E-state index is 0.180. The molecule has 0 saturated heterocycles. The summed E-state index contributed by atoms with van der Waals surface area (Å²) in [5.41, 5.74) is 1.47. The molecular formula is C16H24FNO. The second-order valence-corrected chi connectivity index (χ2v) is 5.97. The molecule has 2 nitrogen and oxygen atoms in total. The molecule has 1 aliphatic carbocycles. The third kappa shape index (κ3) is 4.02. The maximum Gasteiger partial charge on any atom is 0.123 e. The number of halogens is 1. The zero-order valence-electron chi connectivity index (χ0n) is 11.9. The summed E-state index contributed by atoms with van der Waals surface area (Å²) in [4.78, 5) is 0. The molecule has 106 valence electrons. The fourth-order valence-corrected chi connectivity index (χ4v) is 3.24. The lowest BCUT2D eigenvalue weighted by Crippen LogP contribution is -2.46. The lowest BCUT2D eigenvalue weighted by molar-refractivity contribution is -0.0323. The normalized spacial score (nSPS) is 26.2. The molecule has 1 fully saturated rings. The monoisotopic (exact) mass is 265 g/mol. The molecule has 1 aliphatic rings. The van der Waals surface area contributed by atoms with Crippen molar-refractivity contribution < 1.29 is 9.13 Å². The van der Waals surface area contributed by atoms with Crippen LogP contribution in [0.3, 0.4) is 0 Å². The maximum atomic E-state index is 12.8. The van der Waals surface area contributed by atoms with E-state index < -0.39 is 0 Å². The highest BCUT2D eigenvalue weighted by atomic mass is 19.1. The van der Waals surface area contributed by atoms with Crippen molar-refractivity contribution in [2.24, 2.45) is 11.3 Å². The predicted molar refractivity (Wildman–Crippen MR) is 75.7 cm³/mol. The van der Waals surface area contributed by atoms with Gasteiger partial charge in [-0.05, 0) is 49.9 Å². The summed E-state index contributed by atoms with van der Waals surface area (Å²) in [6.45, 7) is 4.88. The Bertz CT molecular complexity index is 379. The van der Waals surface area contributed by atoms with Crippen LogP contribution in [0.1, 0.15) is 25.3 Å². The molecule has 0 aromatic heterocycles. The van der Waals surface area contributed by atoms with E-state index in [9.17, 15) is 4.39 Å². The second-order valence-electron chi connectivity index (χ2n) is 5.97. The summed E-state index contributed by atoms with van der Waals surface area (Å²) in [6.07, 6.45) is 3.36. The minimum Gasteiger partial charge on any atom is -0.380 e. The van der Waals surface area contributed by atoms with Crippen LogP contribution in [0.15, 0.2) is 24.3 Å². The third-order valence-electron chi connectivity index (χ3n) is 3.97. The lowest BCUT2D eigenvalue weighted by Gasteiger charge is -2.46. The Balaban J connectivity index is 1.69. The largest absolute Gasteiger partial charge is 0.380 e. The summed E-state index contributed by atoms with van der Waals surface area (Å²) < 4.78 is 18.6. The van der Waals surface area contributed by atoms with Gasteiger partial charge in [-0.25, -0.2) is 4.39 Å². The Morgan fingerprint density at radius 1 is 1.32 bits per heavy atom. The standard InChI is InChI=1S/C16H24FNO/c1-13-9-16(10-13,11-18-2)12-19-8-7-14-3-5-15(17)6-4-14/h3-6,13,18H,7-12H2,1-2H3. The van der Waals surface area contributed by atoms with Crippen molar-refractivity contribution in [3.63, 3.8) is 0 Å². The molecule has 0 radical (unpaired) electrons. The maximum absolute atomic E-state index is 12.8. The average Bonchev–Trinajstić information content (AvgIpc) is 2.35. The Labute approximate surface area is 115 Å². The smallest absolute Gasteiger partial charge is 0.123 e. The third-order valence-corrected chi connectivity index (χ3v) is 3.97. The molecule has 1 aromatic carbocycles. The number of rotatable bonds is 7. The summed E-state index contributed by atoms with van der Waals surface area (Å²) in [7, 11) is 2.00. The second kappa shape index (κ2) is 6.49. The van der Waals surface area contributed by atoms with Crippen LogP contribution < -0.4 is 5.32 Å². The number of nitrogens with one attached hydrogen (secondary N) is 1. The Morgan fingerprint density at radius 2 is 2.00 bits per heavy atom. The summed E-state index contributed by atoms with van der Waals surface area (Å²) in [5.74, 6) is 0.648. The minimum atomic E-state index is -0.180. The molecule has 0 unspecified atom stereocenters. The van der Waals surface area contributed by atoms with Gasteiger partial charge in [0.15, 0.2) is 0 Å². The highest BCUT2D eigenvalue weighted by Crippen LogP contribution is 2.45. The SMILES string of the molecule is CNCC1(COCCc2ccc(F)cc2)CC(C)C1. The van der Waals surface area contributed by atoms with E-state index in [1.807, 2.05) is 19.2 Å². The number of hydrogen-bond acceptors (Lipinski definition) is 2. The van der Waals surface area contributed by atoms with E-state index >= 15 is 0 Å². The zero-order chi connectivity index (χ0) is 13.7. The summed E-state index contributed by atoms with van der Waals surface area (Å²) in [6, 6.07) is 6.66. The summed E-state index contributed by atoms with van der Waals surface area (Å²) in [5, 5.41) is 3.27. The van der Waals surface area contributed by atoms with Crippen LogP contribution in [0.2, 0.25) is 0 Å². The zero-order valence-corrected chi connectivity index (χ0v) is 11.9. The molecule has 0 amide bonds. The van der Waals surface area contributed by atoms with Crippen molar-refractivity contribution in [1.29, 1.82) is 0 Å². The molecule has 3 heteroatoms. The van der Waals surface area contributed by atoms with Crippen LogP contribution in [-0.4, -0.2) is 26.8 Å². The van der Waals surface area contributed by atoms with E-state index in [4.69, 9.17) is 4.74 Å². The highest BCUT2D eigenvalue weighted by Gasteiger charge is 2.41. The van der Waals surface area contributed by atoms with Gasteiger partial charge in [0.2, 0.25) is 0 Å². The quantitative estimate of drug-likeness (QED) is 0.765. The van der Waals surface area contributed by atoms with Gasteiger partial charge in [0.1, 0.15) is 5.82 Å². The van der Waals surface area contributed by atoms with Gasteiger partial charge in [-0.1, -0.05) is 19.1 Å². The first-order valence-electron chi connectivity index (χ1n) is 7.10. The van der Waals surface area contributed by atoms with Crippen LogP contribution in [0.5, 0.6) is 0 Å². The van der Waals surface area contributed by atoms with Crippen molar-refractivity contribution in [2.75, 3.05) is 26.8 Å². The Hall–Kier alpha value is -0.930. The number of ether oxygens (including phenoxy) is 1. The fraction of sp³-hybridized carbons (Fsp3) is 0.625. The van der Waals surface area contributed by atoms with E-state index in [2.05, 4.69) is 12.2 Å². The van der Waals surface area contributed by atoms with E-state index in [-0.39, 0.29) is 5.82 Å². The highest BCUT2D eigenvalue weighted by molar-refractivity contribution is 5.16. The lowest BCUT2D eigenvalue weighted by atomic mass is 9.63. The molecule has 1 saturated carbocycles. The molecule has 0 heterocycles. The molecule has 1 N–H and O–H groups in total. The van der Waals surface area contributed by atoms with Crippen molar-refractivity contribution in [3.8, 4) is 0 Å². The molecule has 19 heavy (non-hydrogen) atoms. The van der Waals surface area contributed by atoms with Gasteiger partial charge in [0.05, 0.1) is 13.2 Å². The van der Waals surface area contributed by atoms with Gasteiger partial charge in [0.25, 0.3) is 0 Å².